The van der Waals surface area contributed by atoms with Crippen molar-refractivity contribution in [2.24, 2.45) is 0 Å². The fourth-order valence-electron chi connectivity index (χ4n) is 0.352. The molecule has 0 unspecified atom stereocenters. The summed E-state index contributed by atoms with van der Waals surface area (Å²) in [6.07, 6.45) is 0.879. The van der Waals surface area contributed by atoms with E-state index in [2.05, 4.69) is 0 Å². The molecule has 0 heterocycles. The molecular formula is C3H8KNO5S2. The molecule has 0 aliphatic heterocycles. The van der Waals surface area contributed by atoms with Crippen molar-refractivity contribution in [3.63, 3.8) is 0 Å². The van der Waals surface area contributed by atoms with E-state index < -0.39 is 25.9 Å². The van der Waals surface area contributed by atoms with E-state index in [0.717, 1.165) is 6.26 Å². The third-order valence-electron chi connectivity index (χ3n) is 0.716. The van der Waals surface area contributed by atoms with Gasteiger partial charge in [-0.1, -0.05) is 0 Å². The van der Waals surface area contributed by atoms with Crippen LogP contribution in [0, 0.1) is 0 Å². The van der Waals surface area contributed by atoms with Gasteiger partial charge in [0.05, 0.1) is 22.1 Å². The molecule has 9 heteroatoms. The van der Waals surface area contributed by atoms with Crippen molar-refractivity contribution in [1.29, 1.82) is 0 Å². The van der Waals surface area contributed by atoms with Crippen LogP contribution in [-0.4, -0.2) is 39.9 Å². The van der Waals surface area contributed by atoms with Crippen molar-refractivity contribution in [2.75, 3.05) is 18.6 Å². The van der Waals surface area contributed by atoms with Crippen molar-refractivity contribution in [3.05, 3.63) is 0 Å². The Bertz CT molecular complexity index is 274. The average Bonchev–Trinajstić information content (AvgIpc) is 1.55. The van der Waals surface area contributed by atoms with Crippen LogP contribution in [0.2, 0.25) is 0 Å². The Labute approximate surface area is 114 Å². The molecule has 12 heavy (non-hydrogen) atoms. The fourth-order valence-corrected chi connectivity index (χ4v) is 1.31. The summed E-state index contributed by atoms with van der Waals surface area (Å²) >= 11 is 0. The first-order valence-electron chi connectivity index (χ1n) is 2.59. The molecule has 0 aliphatic rings. The number of sulfonamides is 1. The summed E-state index contributed by atoms with van der Waals surface area (Å²) in [5.41, 5.74) is 0. The van der Waals surface area contributed by atoms with E-state index in [1.165, 1.54) is 0 Å². The van der Waals surface area contributed by atoms with E-state index in [4.69, 9.17) is 0 Å². The first-order valence-corrected chi connectivity index (χ1v) is 6.06. The minimum absolute atomic E-state index is 0. The second-order valence-electron chi connectivity index (χ2n) is 1.93. The maximum absolute atomic E-state index is 10.3. The Kier molecular flexibility index (Phi) is 8.00. The largest absolute Gasteiger partial charge is 1.00 e. The summed E-state index contributed by atoms with van der Waals surface area (Å²) in [4.78, 5) is 0. The number of nitrogens with one attached hydrogen (secondary N) is 1. The van der Waals surface area contributed by atoms with E-state index in [0.29, 0.717) is 0 Å². The molecule has 0 fully saturated rings. The Hall–Kier alpha value is 1.46. The summed E-state index contributed by atoms with van der Waals surface area (Å²) in [7, 11) is -7.72. The molecule has 0 aliphatic carbocycles. The predicted octanol–water partition coefficient (Wildman–Crippen LogP) is -4.92. The average molecular weight is 241 g/mol. The molecule has 0 aromatic rings. The van der Waals surface area contributed by atoms with Crippen LogP contribution in [0.5, 0.6) is 0 Å². The van der Waals surface area contributed by atoms with E-state index in [-0.39, 0.29) is 57.9 Å². The Morgan fingerprint density at radius 2 is 1.67 bits per heavy atom. The molecule has 0 spiro atoms. The maximum atomic E-state index is 10.3. The number of hydrogen-bond donors (Lipinski definition) is 1. The normalized spacial score (nSPS) is 12.2. The second-order valence-corrected chi connectivity index (χ2v) is 5.28. The minimum Gasteiger partial charge on any atom is -0.748 e. The predicted molar refractivity (Wildman–Crippen MR) is 37.4 cm³/mol. The van der Waals surface area contributed by atoms with E-state index in [9.17, 15) is 21.4 Å². The Morgan fingerprint density at radius 1 is 1.25 bits per heavy atom. The molecule has 0 rings (SSSR count). The van der Waals surface area contributed by atoms with Gasteiger partial charge in [0.1, 0.15) is 0 Å². The molecule has 0 atom stereocenters. The molecule has 0 amide bonds. The maximum Gasteiger partial charge on any atom is 1.00 e. The van der Waals surface area contributed by atoms with Crippen LogP contribution in [-0.2, 0) is 20.1 Å². The van der Waals surface area contributed by atoms with Gasteiger partial charge in [-0.15, -0.1) is 0 Å². The summed E-state index contributed by atoms with van der Waals surface area (Å²) in [5, 5.41) is 0. The zero-order valence-electron chi connectivity index (χ0n) is 6.77. The van der Waals surface area contributed by atoms with Gasteiger partial charge in [-0.05, 0) is 0 Å². The number of rotatable bonds is 4. The van der Waals surface area contributed by atoms with Crippen LogP contribution < -0.4 is 56.1 Å². The van der Waals surface area contributed by atoms with Gasteiger partial charge in [0, 0.05) is 6.54 Å². The molecule has 0 saturated heterocycles. The van der Waals surface area contributed by atoms with Crippen LogP contribution in [0.3, 0.4) is 0 Å². The quantitative estimate of drug-likeness (QED) is 0.392. The van der Waals surface area contributed by atoms with E-state index in [1.807, 2.05) is 4.72 Å². The zero-order valence-corrected chi connectivity index (χ0v) is 11.5. The van der Waals surface area contributed by atoms with Crippen LogP contribution in [0.4, 0.5) is 0 Å². The summed E-state index contributed by atoms with van der Waals surface area (Å²) in [6, 6.07) is 0. The molecule has 68 valence electrons. The third-order valence-corrected chi connectivity index (χ3v) is 2.15. The molecule has 0 bridgehead atoms. The monoisotopic (exact) mass is 241 g/mol. The van der Waals surface area contributed by atoms with Crippen LogP contribution >= 0.6 is 0 Å². The molecule has 0 aromatic heterocycles. The van der Waals surface area contributed by atoms with Gasteiger partial charge in [0.25, 0.3) is 0 Å². The smallest absolute Gasteiger partial charge is 0.748 e. The molecule has 6 nitrogen and oxygen atoms in total. The van der Waals surface area contributed by atoms with Crippen molar-refractivity contribution >= 4 is 20.1 Å². The molecule has 0 saturated carbocycles. The van der Waals surface area contributed by atoms with Gasteiger partial charge in [0.15, 0.2) is 0 Å². The SMILES string of the molecule is CS(=O)(=O)NCCS(=O)(=O)[O-].[K+]. The molecule has 0 radical (unpaired) electrons. The first-order chi connectivity index (χ1) is 4.71. The van der Waals surface area contributed by atoms with Gasteiger partial charge >= 0.3 is 51.4 Å². The number of hydrogen-bond acceptors (Lipinski definition) is 5. The molecular weight excluding hydrogens is 233 g/mol. The van der Waals surface area contributed by atoms with Crippen molar-refractivity contribution in [2.45, 2.75) is 0 Å². The Morgan fingerprint density at radius 3 is 1.92 bits per heavy atom. The topological polar surface area (TPSA) is 103 Å². The van der Waals surface area contributed by atoms with E-state index >= 15 is 0 Å². The summed E-state index contributed by atoms with van der Waals surface area (Å²) in [6.45, 7) is -0.370. The summed E-state index contributed by atoms with van der Waals surface area (Å²) in [5.74, 6) is -0.722. The van der Waals surface area contributed by atoms with Crippen LogP contribution in [0.1, 0.15) is 0 Å². The van der Waals surface area contributed by atoms with Crippen molar-refractivity contribution < 1.29 is 72.8 Å². The van der Waals surface area contributed by atoms with Gasteiger partial charge in [-0.2, -0.15) is 0 Å². The van der Waals surface area contributed by atoms with Crippen molar-refractivity contribution in [1.82, 2.24) is 4.72 Å². The van der Waals surface area contributed by atoms with Crippen LogP contribution in [0.25, 0.3) is 0 Å². The first kappa shape index (κ1) is 15.9. The van der Waals surface area contributed by atoms with Gasteiger partial charge in [-0.3, -0.25) is 0 Å². The molecule has 1 N–H and O–H groups in total. The van der Waals surface area contributed by atoms with Crippen LogP contribution in [0.15, 0.2) is 0 Å². The molecule has 0 aromatic carbocycles. The second kappa shape index (κ2) is 6.04. The third kappa shape index (κ3) is 14.0. The van der Waals surface area contributed by atoms with Gasteiger partial charge < -0.3 is 4.55 Å². The van der Waals surface area contributed by atoms with Gasteiger partial charge in [-0.25, -0.2) is 21.6 Å². The van der Waals surface area contributed by atoms with E-state index in [1.54, 1.807) is 0 Å². The fraction of sp³-hybridized carbons (Fsp3) is 1.00. The standard InChI is InChI=1S/C3H9NO5S2.K/c1-10(5,6)4-2-3-11(7,8)9;/h4H,2-3H2,1H3,(H,7,8,9);/q;+1/p-1. The Balaban J connectivity index is 0. The van der Waals surface area contributed by atoms with Gasteiger partial charge in [0.2, 0.25) is 10.0 Å². The summed E-state index contributed by atoms with van der Waals surface area (Å²) < 4.78 is 52.3. The van der Waals surface area contributed by atoms with Crippen molar-refractivity contribution in [3.8, 4) is 0 Å². The minimum atomic E-state index is -4.32. The zero-order chi connectivity index (χ0) is 9.12.